The van der Waals surface area contributed by atoms with E-state index in [0.29, 0.717) is 5.56 Å². The van der Waals surface area contributed by atoms with Crippen molar-refractivity contribution in [3.05, 3.63) is 29.8 Å². The Labute approximate surface area is 100 Å². The Kier molecular flexibility index (Phi) is 4.64. The second kappa shape index (κ2) is 5.54. The van der Waals surface area contributed by atoms with Crippen LogP contribution >= 0.6 is 23.2 Å². The van der Waals surface area contributed by atoms with Gasteiger partial charge in [0.2, 0.25) is 0 Å². The van der Waals surface area contributed by atoms with Crippen LogP contribution in [0.25, 0.3) is 0 Å². The summed E-state index contributed by atoms with van der Waals surface area (Å²) < 4.78 is -0.328. The smallest absolute Gasteiger partial charge is 0.335 e. The summed E-state index contributed by atoms with van der Waals surface area (Å²) in [7, 11) is -1.36. The van der Waals surface area contributed by atoms with Crippen LogP contribution in [0.1, 0.15) is 17.3 Å². The quantitative estimate of drug-likeness (QED) is 0.667. The zero-order valence-electron chi connectivity index (χ0n) is 8.28. The molecule has 0 aliphatic carbocycles. The average molecular weight is 263 g/mol. The Balaban J connectivity index is 2.92. The van der Waals surface area contributed by atoms with Gasteiger partial charge in [-0.25, -0.2) is 4.79 Å². The molecule has 0 aliphatic rings. The van der Waals surface area contributed by atoms with Gasteiger partial charge in [-0.15, -0.1) is 23.2 Å². The Bertz CT molecular complexity index is 338. The zero-order valence-corrected chi connectivity index (χ0v) is 10.9. The van der Waals surface area contributed by atoms with Crippen LogP contribution in [-0.4, -0.2) is 24.3 Å². The second-order valence-corrected chi connectivity index (χ2v) is 8.65. The molecule has 1 aromatic rings. The molecule has 1 N–H and O–H groups in total. The number of carboxylic acid groups (broad SMARTS) is 1. The molecule has 82 valence electrons. The molecule has 0 saturated carbocycles. The Morgan fingerprint density at radius 3 is 2.27 bits per heavy atom. The van der Waals surface area contributed by atoms with E-state index in [1.54, 1.807) is 12.1 Å². The fraction of sp³-hybridized carbons (Fsp3) is 0.300. The largest absolute Gasteiger partial charge is 0.478 e. The van der Waals surface area contributed by atoms with E-state index >= 15 is 0 Å². The number of carbonyl (C=O) groups is 1. The van der Waals surface area contributed by atoms with E-state index in [9.17, 15) is 4.79 Å². The molecule has 0 radical (unpaired) electrons. The highest BCUT2D eigenvalue weighted by atomic mass is 35.5. The molecule has 0 saturated heterocycles. The maximum Gasteiger partial charge on any atom is 0.335 e. The number of benzene rings is 1. The van der Waals surface area contributed by atoms with Crippen molar-refractivity contribution >= 4 is 43.2 Å². The SMILES string of the molecule is CC[SiH](c1ccc(C(=O)O)cc1)C(Cl)Cl. The summed E-state index contributed by atoms with van der Waals surface area (Å²) >= 11 is 11.8. The lowest BCUT2D eigenvalue weighted by Gasteiger charge is -2.14. The first kappa shape index (κ1) is 12.6. The van der Waals surface area contributed by atoms with E-state index in [-0.39, 0.29) is 4.46 Å². The molecule has 1 aromatic carbocycles. The number of rotatable bonds is 4. The minimum atomic E-state index is -1.36. The monoisotopic (exact) mass is 262 g/mol. The molecule has 0 aromatic heterocycles. The van der Waals surface area contributed by atoms with Crippen molar-refractivity contribution in [1.82, 2.24) is 0 Å². The van der Waals surface area contributed by atoms with Gasteiger partial charge >= 0.3 is 5.97 Å². The highest BCUT2D eigenvalue weighted by Crippen LogP contribution is 2.11. The molecule has 1 rings (SSSR count). The summed E-state index contributed by atoms with van der Waals surface area (Å²) in [6.07, 6.45) is 0. The molecule has 2 nitrogen and oxygen atoms in total. The van der Waals surface area contributed by atoms with Crippen LogP contribution in [0.3, 0.4) is 0 Å². The van der Waals surface area contributed by atoms with Gasteiger partial charge in [0.1, 0.15) is 8.80 Å². The van der Waals surface area contributed by atoms with E-state index < -0.39 is 14.8 Å². The number of alkyl halides is 2. The lowest BCUT2D eigenvalue weighted by molar-refractivity contribution is 0.0697. The van der Waals surface area contributed by atoms with Crippen LogP contribution < -0.4 is 5.19 Å². The third-order valence-electron chi connectivity index (χ3n) is 2.33. The molecule has 0 heterocycles. The van der Waals surface area contributed by atoms with E-state index in [1.165, 1.54) is 0 Å². The number of hydrogen-bond donors (Lipinski definition) is 1. The first-order valence-electron chi connectivity index (χ1n) is 4.67. The standard InChI is InChI=1S/C10H12Cl2O2Si/c1-2-15(10(11)12)8-5-3-7(4-6-8)9(13)14/h3-6,10,15H,2H2,1H3,(H,13,14). The minimum absolute atomic E-state index is 0.295. The van der Waals surface area contributed by atoms with Crippen LogP contribution in [0.4, 0.5) is 0 Å². The molecule has 0 aliphatic heterocycles. The van der Waals surface area contributed by atoms with Crippen molar-refractivity contribution in [2.45, 2.75) is 17.4 Å². The average Bonchev–Trinajstić information content (AvgIpc) is 2.19. The van der Waals surface area contributed by atoms with E-state index in [4.69, 9.17) is 28.3 Å². The molecule has 0 fully saturated rings. The maximum atomic E-state index is 10.6. The lowest BCUT2D eigenvalue weighted by Crippen LogP contribution is -2.35. The lowest BCUT2D eigenvalue weighted by atomic mass is 10.2. The summed E-state index contributed by atoms with van der Waals surface area (Å²) in [4.78, 5) is 10.6. The fourth-order valence-electron chi connectivity index (χ4n) is 1.43. The third kappa shape index (κ3) is 3.23. The van der Waals surface area contributed by atoms with Crippen LogP contribution in [0.15, 0.2) is 24.3 Å². The van der Waals surface area contributed by atoms with Crippen LogP contribution in [-0.2, 0) is 0 Å². The van der Waals surface area contributed by atoms with E-state index in [0.717, 1.165) is 11.2 Å². The molecule has 15 heavy (non-hydrogen) atoms. The van der Waals surface area contributed by atoms with Crippen molar-refractivity contribution in [3.63, 3.8) is 0 Å². The van der Waals surface area contributed by atoms with E-state index in [2.05, 4.69) is 6.92 Å². The number of aromatic carboxylic acids is 1. The van der Waals surface area contributed by atoms with Crippen molar-refractivity contribution < 1.29 is 9.90 Å². The third-order valence-corrected chi connectivity index (χ3v) is 6.88. The van der Waals surface area contributed by atoms with Crippen LogP contribution in [0.5, 0.6) is 0 Å². The molecular weight excluding hydrogens is 251 g/mol. The normalized spacial score (nSPS) is 12.8. The molecule has 0 amide bonds. The van der Waals surface area contributed by atoms with Gasteiger partial charge in [0.15, 0.2) is 0 Å². The van der Waals surface area contributed by atoms with Gasteiger partial charge in [-0.2, -0.15) is 0 Å². The van der Waals surface area contributed by atoms with Crippen molar-refractivity contribution in [3.8, 4) is 0 Å². The topological polar surface area (TPSA) is 37.3 Å². The first-order chi connectivity index (χ1) is 7.06. The Morgan fingerprint density at radius 2 is 1.93 bits per heavy atom. The van der Waals surface area contributed by atoms with Crippen LogP contribution in [0.2, 0.25) is 6.04 Å². The van der Waals surface area contributed by atoms with Gasteiger partial charge in [-0.3, -0.25) is 0 Å². The number of carboxylic acids is 1. The molecule has 1 unspecified atom stereocenters. The summed E-state index contributed by atoms with van der Waals surface area (Å²) in [6.45, 7) is 2.06. The number of hydrogen-bond acceptors (Lipinski definition) is 1. The van der Waals surface area contributed by atoms with E-state index in [1.807, 2.05) is 12.1 Å². The predicted molar refractivity (Wildman–Crippen MR) is 66.2 cm³/mol. The van der Waals surface area contributed by atoms with Crippen molar-refractivity contribution in [1.29, 1.82) is 0 Å². The molecule has 0 spiro atoms. The molecular formula is C10H12Cl2O2Si. The van der Waals surface area contributed by atoms with Gasteiger partial charge in [-0.05, 0) is 12.1 Å². The second-order valence-electron chi connectivity index (χ2n) is 3.28. The number of halogens is 2. The summed E-state index contributed by atoms with van der Waals surface area (Å²) in [5, 5.41) is 9.85. The molecule has 0 bridgehead atoms. The summed E-state index contributed by atoms with van der Waals surface area (Å²) in [6, 6.07) is 7.81. The first-order valence-corrected chi connectivity index (χ1v) is 7.61. The van der Waals surface area contributed by atoms with Gasteiger partial charge in [-0.1, -0.05) is 30.3 Å². The van der Waals surface area contributed by atoms with Crippen LogP contribution in [0, 0.1) is 0 Å². The Morgan fingerprint density at radius 1 is 1.40 bits per heavy atom. The molecule has 5 heteroatoms. The summed E-state index contributed by atoms with van der Waals surface area (Å²) in [5.74, 6) is -0.912. The van der Waals surface area contributed by atoms with Gasteiger partial charge in [0.25, 0.3) is 0 Å². The highest BCUT2D eigenvalue weighted by molar-refractivity contribution is 6.88. The fourth-order valence-corrected chi connectivity index (χ4v) is 5.18. The maximum absolute atomic E-state index is 10.6. The molecule has 1 atom stereocenters. The zero-order chi connectivity index (χ0) is 11.4. The Hall–Kier alpha value is -0.513. The minimum Gasteiger partial charge on any atom is -0.478 e. The summed E-state index contributed by atoms with van der Waals surface area (Å²) in [5.41, 5.74) is 0.295. The van der Waals surface area contributed by atoms with Gasteiger partial charge in [0, 0.05) is 0 Å². The van der Waals surface area contributed by atoms with Crippen molar-refractivity contribution in [2.24, 2.45) is 0 Å². The van der Waals surface area contributed by atoms with Crippen molar-refractivity contribution in [2.75, 3.05) is 0 Å². The highest BCUT2D eigenvalue weighted by Gasteiger charge is 2.19. The predicted octanol–water partition coefficient (Wildman–Crippen LogP) is 2.18. The van der Waals surface area contributed by atoms with Gasteiger partial charge in [0.05, 0.1) is 10.0 Å². The van der Waals surface area contributed by atoms with Gasteiger partial charge < -0.3 is 5.11 Å².